The normalized spacial score (nSPS) is 18.7. The summed E-state index contributed by atoms with van der Waals surface area (Å²) in [5.74, 6) is -0.145. The van der Waals surface area contributed by atoms with Gasteiger partial charge in [-0.05, 0) is 28.9 Å². The summed E-state index contributed by atoms with van der Waals surface area (Å²) in [6.45, 7) is 4.44. The number of likely N-dealkylation sites (N-methyl/N-ethyl adjacent to an activating group) is 1. The minimum atomic E-state index is -0.444. The van der Waals surface area contributed by atoms with Crippen molar-refractivity contribution in [3.05, 3.63) is 22.4 Å². The van der Waals surface area contributed by atoms with Crippen molar-refractivity contribution in [1.29, 1.82) is 0 Å². The Morgan fingerprint density at radius 2 is 2.19 bits per heavy atom. The van der Waals surface area contributed by atoms with E-state index in [-0.39, 0.29) is 11.8 Å². The van der Waals surface area contributed by atoms with E-state index in [2.05, 4.69) is 21.2 Å². The van der Waals surface area contributed by atoms with Crippen molar-refractivity contribution in [2.24, 2.45) is 0 Å². The summed E-state index contributed by atoms with van der Waals surface area (Å²) in [6, 6.07) is 1.37. The zero-order chi connectivity index (χ0) is 15.6. The Morgan fingerprint density at radius 3 is 2.81 bits per heavy atom. The second kappa shape index (κ2) is 6.62. The van der Waals surface area contributed by atoms with Crippen molar-refractivity contribution in [2.45, 2.75) is 19.5 Å². The lowest BCUT2D eigenvalue weighted by Crippen LogP contribution is -2.59. The number of hydrogen-bond donors (Lipinski definition) is 1. The van der Waals surface area contributed by atoms with E-state index in [9.17, 15) is 9.59 Å². The van der Waals surface area contributed by atoms with Crippen molar-refractivity contribution in [3.8, 4) is 0 Å². The van der Waals surface area contributed by atoms with Gasteiger partial charge in [0.2, 0.25) is 5.91 Å². The zero-order valence-electron chi connectivity index (χ0n) is 12.6. The molecule has 116 valence electrons. The first-order chi connectivity index (χ1) is 9.95. The van der Waals surface area contributed by atoms with E-state index in [0.29, 0.717) is 31.9 Å². The molecule has 0 saturated carbocycles. The molecule has 7 heteroatoms. The molecule has 1 aromatic rings. The summed E-state index contributed by atoms with van der Waals surface area (Å²) in [5.41, 5.74) is 0.614. The number of rotatable bonds is 3. The smallest absolute Gasteiger partial charge is 0.271 e. The van der Waals surface area contributed by atoms with Gasteiger partial charge in [0.25, 0.3) is 5.91 Å². The monoisotopic (exact) mass is 356 g/mol. The van der Waals surface area contributed by atoms with Gasteiger partial charge in [0, 0.05) is 50.9 Å². The molecular weight excluding hydrogens is 336 g/mol. The number of halogens is 1. The van der Waals surface area contributed by atoms with E-state index in [1.54, 1.807) is 19.0 Å². The van der Waals surface area contributed by atoms with Gasteiger partial charge in [0.15, 0.2) is 0 Å². The van der Waals surface area contributed by atoms with E-state index in [1.807, 2.05) is 23.8 Å². The van der Waals surface area contributed by atoms with Gasteiger partial charge in [-0.25, -0.2) is 0 Å². The molecule has 1 unspecified atom stereocenters. The highest BCUT2D eigenvalue weighted by atomic mass is 79.9. The highest BCUT2D eigenvalue weighted by Gasteiger charge is 2.34. The van der Waals surface area contributed by atoms with Gasteiger partial charge in [-0.3, -0.25) is 9.59 Å². The molecular formula is C14H21BrN4O2. The highest BCUT2D eigenvalue weighted by molar-refractivity contribution is 9.10. The van der Waals surface area contributed by atoms with Crippen molar-refractivity contribution in [3.63, 3.8) is 0 Å². The Labute approximate surface area is 133 Å². The van der Waals surface area contributed by atoms with Crippen LogP contribution in [-0.2, 0) is 11.3 Å². The summed E-state index contributed by atoms with van der Waals surface area (Å²) in [6.07, 6.45) is 1.89. The summed E-state index contributed by atoms with van der Waals surface area (Å²) in [7, 11) is 3.43. The first-order valence-corrected chi connectivity index (χ1v) is 7.83. The van der Waals surface area contributed by atoms with Crippen LogP contribution in [0.5, 0.6) is 0 Å². The number of aryl methyl sites for hydroxylation is 1. The molecule has 1 saturated heterocycles. The molecule has 2 amide bonds. The van der Waals surface area contributed by atoms with Gasteiger partial charge in [-0.1, -0.05) is 0 Å². The largest absolute Gasteiger partial charge is 0.347 e. The standard InChI is InChI=1S/C14H21BrN4O2/c1-4-18-9-10(15)7-11(18)14(21)19-6-5-16-8-12(19)13(20)17(2)3/h7,9,12,16H,4-6,8H2,1-3H3. The Bertz CT molecular complexity index is 541. The molecule has 1 aromatic heterocycles. The molecule has 0 spiro atoms. The molecule has 0 aromatic carbocycles. The number of carbonyl (C=O) groups excluding carboxylic acids is 2. The maximum absolute atomic E-state index is 12.8. The van der Waals surface area contributed by atoms with Gasteiger partial charge < -0.3 is 19.7 Å². The fourth-order valence-corrected chi connectivity index (χ4v) is 2.99. The molecule has 21 heavy (non-hydrogen) atoms. The zero-order valence-corrected chi connectivity index (χ0v) is 14.2. The summed E-state index contributed by atoms with van der Waals surface area (Å²) >= 11 is 3.40. The molecule has 0 radical (unpaired) electrons. The highest BCUT2D eigenvalue weighted by Crippen LogP contribution is 2.19. The van der Waals surface area contributed by atoms with Crippen LogP contribution in [0.2, 0.25) is 0 Å². The van der Waals surface area contributed by atoms with Crippen molar-refractivity contribution >= 4 is 27.7 Å². The third-order valence-corrected chi connectivity index (χ3v) is 4.09. The van der Waals surface area contributed by atoms with Crippen molar-refractivity contribution in [2.75, 3.05) is 33.7 Å². The van der Waals surface area contributed by atoms with E-state index in [4.69, 9.17) is 0 Å². The van der Waals surface area contributed by atoms with Crippen LogP contribution in [-0.4, -0.2) is 66.0 Å². The first-order valence-electron chi connectivity index (χ1n) is 7.04. The third-order valence-electron chi connectivity index (χ3n) is 3.65. The summed E-state index contributed by atoms with van der Waals surface area (Å²) in [5, 5.41) is 3.18. The number of amides is 2. The fraction of sp³-hybridized carbons (Fsp3) is 0.571. The predicted molar refractivity (Wildman–Crippen MR) is 84.2 cm³/mol. The van der Waals surface area contributed by atoms with Crippen molar-refractivity contribution < 1.29 is 9.59 Å². The molecule has 0 aliphatic carbocycles. The lowest BCUT2D eigenvalue weighted by atomic mass is 10.1. The van der Waals surface area contributed by atoms with E-state index >= 15 is 0 Å². The van der Waals surface area contributed by atoms with E-state index in [0.717, 1.165) is 4.47 Å². The quantitative estimate of drug-likeness (QED) is 0.870. The Morgan fingerprint density at radius 1 is 1.48 bits per heavy atom. The average molecular weight is 357 g/mol. The van der Waals surface area contributed by atoms with Crippen LogP contribution < -0.4 is 5.32 Å². The molecule has 2 rings (SSSR count). The first kappa shape index (κ1) is 16.0. The van der Waals surface area contributed by atoms with Crippen LogP contribution in [0.3, 0.4) is 0 Å². The van der Waals surface area contributed by atoms with Gasteiger partial charge in [-0.15, -0.1) is 0 Å². The molecule has 1 N–H and O–H groups in total. The lowest BCUT2D eigenvalue weighted by molar-refractivity contribution is -0.134. The Kier molecular flexibility index (Phi) is 5.05. The molecule has 1 aliphatic heterocycles. The lowest BCUT2D eigenvalue weighted by Gasteiger charge is -2.36. The number of nitrogens with zero attached hydrogens (tertiary/aromatic N) is 3. The maximum atomic E-state index is 12.8. The van der Waals surface area contributed by atoms with Crippen LogP contribution in [0.25, 0.3) is 0 Å². The number of carbonyl (C=O) groups is 2. The summed E-state index contributed by atoms with van der Waals surface area (Å²) in [4.78, 5) is 28.3. The second-order valence-corrected chi connectivity index (χ2v) is 6.20. The number of hydrogen-bond acceptors (Lipinski definition) is 3. The number of aromatic nitrogens is 1. The van der Waals surface area contributed by atoms with Crippen LogP contribution in [0.1, 0.15) is 17.4 Å². The van der Waals surface area contributed by atoms with Crippen LogP contribution in [0.15, 0.2) is 16.7 Å². The Hall–Kier alpha value is -1.34. The van der Waals surface area contributed by atoms with Gasteiger partial charge in [0.05, 0.1) is 0 Å². The second-order valence-electron chi connectivity index (χ2n) is 5.28. The SMILES string of the molecule is CCn1cc(Br)cc1C(=O)N1CCNCC1C(=O)N(C)C. The van der Waals surface area contributed by atoms with Crippen LogP contribution in [0, 0.1) is 0 Å². The van der Waals surface area contributed by atoms with Gasteiger partial charge in [-0.2, -0.15) is 0 Å². The number of nitrogens with one attached hydrogen (secondary N) is 1. The van der Waals surface area contributed by atoms with E-state index in [1.165, 1.54) is 4.90 Å². The molecule has 1 fully saturated rings. The Balaban J connectivity index is 2.28. The molecule has 2 heterocycles. The van der Waals surface area contributed by atoms with Crippen LogP contribution in [0.4, 0.5) is 0 Å². The van der Waals surface area contributed by atoms with E-state index < -0.39 is 6.04 Å². The maximum Gasteiger partial charge on any atom is 0.271 e. The minimum Gasteiger partial charge on any atom is -0.347 e. The average Bonchev–Trinajstić information content (AvgIpc) is 2.86. The van der Waals surface area contributed by atoms with Gasteiger partial charge in [0.1, 0.15) is 11.7 Å². The predicted octanol–water partition coefficient (Wildman–Crippen LogP) is 0.773. The van der Waals surface area contributed by atoms with Gasteiger partial charge >= 0.3 is 0 Å². The molecule has 1 aliphatic rings. The number of piperazine rings is 1. The topological polar surface area (TPSA) is 57.6 Å². The third kappa shape index (κ3) is 3.29. The summed E-state index contributed by atoms with van der Waals surface area (Å²) < 4.78 is 2.77. The molecule has 1 atom stereocenters. The molecule has 0 bridgehead atoms. The minimum absolute atomic E-state index is 0.0516. The van der Waals surface area contributed by atoms with Crippen molar-refractivity contribution in [1.82, 2.24) is 19.7 Å². The fourth-order valence-electron chi connectivity index (χ4n) is 2.53. The molecule has 6 nitrogen and oxygen atoms in total. The van der Waals surface area contributed by atoms with Crippen LogP contribution >= 0.6 is 15.9 Å².